The molecule has 4 heteroatoms. The molecule has 0 aromatic heterocycles. The Morgan fingerprint density at radius 2 is 1.76 bits per heavy atom. The molecule has 0 saturated carbocycles. The summed E-state index contributed by atoms with van der Waals surface area (Å²) in [5.74, 6) is 1.45. The van der Waals surface area contributed by atoms with Gasteiger partial charge in [0.15, 0.2) is 0 Å². The van der Waals surface area contributed by atoms with Crippen LogP contribution in [0.25, 0.3) is 0 Å². The minimum Gasteiger partial charge on any atom is -0.372 e. The molecule has 25 heavy (non-hydrogen) atoms. The summed E-state index contributed by atoms with van der Waals surface area (Å²) >= 11 is 1.65. The van der Waals surface area contributed by atoms with E-state index in [1.807, 2.05) is 0 Å². The largest absolute Gasteiger partial charge is 0.372 e. The van der Waals surface area contributed by atoms with Gasteiger partial charge in [-0.3, -0.25) is 4.79 Å². The molecule has 0 bridgehead atoms. The van der Waals surface area contributed by atoms with E-state index in [1.165, 1.54) is 16.8 Å². The molecule has 0 unspecified atom stereocenters. The van der Waals surface area contributed by atoms with Gasteiger partial charge in [-0.25, -0.2) is 0 Å². The Morgan fingerprint density at radius 3 is 2.40 bits per heavy atom. The van der Waals surface area contributed by atoms with E-state index < -0.39 is 0 Å². The molecule has 2 rings (SSSR count). The average molecular weight is 357 g/mol. The highest BCUT2D eigenvalue weighted by molar-refractivity contribution is 7.99. The third kappa shape index (κ3) is 6.46. The number of amides is 1. The lowest BCUT2D eigenvalue weighted by Crippen LogP contribution is -2.25. The van der Waals surface area contributed by atoms with E-state index >= 15 is 0 Å². The number of aryl methyl sites for hydroxylation is 1. The Balaban J connectivity index is 1.72. The lowest BCUT2D eigenvalue weighted by molar-refractivity contribution is -0.118. The van der Waals surface area contributed by atoms with Crippen molar-refractivity contribution in [2.24, 2.45) is 0 Å². The number of benzene rings is 2. The van der Waals surface area contributed by atoms with Crippen molar-refractivity contribution in [2.75, 3.05) is 23.7 Å². The third-order valence-corrected chi connectivity index (χ3v) is 5.14. The van der Waals surface area contributed by atoms with Crippen molar-refractivity contribution in [1.82, 2.24) is 5.32 Å². The van der Waals surface area contributed by atoms with Gasteiger partial charge < -0.3 is 10.2 Å². The molecule has 2 aromatic carbocycles. The zero-order chi connectivity index (χ0) is 18.1. The van der Waals surface area contributed by atoms with E-state index in [1.54, 1.807) is 11.8 Å². The van der Waals surface area contributed by atoms with Gasteiger partial charge in [-0.1, -0.05) is 42.0 Å². The van der Waals surface area contributed by atoms with Crippen LogP contribution in [0.1, 0.15) is 30.5 Å². The van der Waals surface area contributed by atoms with Gasteiger partial charge in [0.25, 0.3) is 0 Å². The fraction of sp³-hybridized carbons (Fsp3) is 0.381. The van der Waals surface area contributed by atoms with Gasteiger partial charge >= 0.3 is 0 Å². The average Bonchev–Trinajstić information content (AvgIpc) is 2.62. The summed E-state index contributed by atoms with van der Waals surface area (Å²) in [6.07, 6.45) is 0. The van der Waals surface area contributed by atoms with Gasteiger partial charge in [-0.05, 0) is 44.0 Å². The number of nitrogens with one attached hydrogen (secondary N) is 1. The first-order valence-electron chi connectivity index (χ1n) is 8.86. The van der Waals surface area contributed by atoms with E-state index in [4.69, 9.17) is 0 Å². The van der Waals surface area contributed by atoms with Gasteiger partial charge in [-0.15, -0.1) is 11.8 Å². The molecule has 2 aromatic rings. The van der Waals surface area contributed by atoms with Gasteiger partial charge in [0.2, 0.25) is 5.91 Å². The molecular weight excluding hydrogens is 328 g/mol. The van der Waals surface area contributed by atoms with E-state index in [9.17, 15) is 4.79 Å². The molecule has 0 aliphatic carbocycles. The number of hydrogen-bond acceptors (Lipinski definition) is 3. The Bertz CT molecular complexity index is 666. The Labute approximate surface area is 155 Å². The molecule has 1 amide bonds. The summed E-state index contributed by atoms with van der Waals surface area (Å²) in [7, 11) is 0. The SMILES string of the molecule is CCN(CC)c1ccc(CNC(=O)CSCc2cccc(C)c2)cc1. The molecule has 0 heterocycles. The first-order chi connectivity index (χ1) is 12.1. The second kappa shape index (κ2) is 10.1. The first kappa shape index (κ1) is 19.4. The van der Waals surface area contributed by atoms with E-state index in [-0.39, 0.29) is 5.91 Å². The highest BCUT2D eigenvalue weighted by Gasteiger charge is 2.04. The summed E-state index contributed by atoms with van der Waals surface area (Å²) in [6, 6.07) is 16.9. The van der Waals surface area contributed by atoms with E-state index in [0.29, 0.717) is 12.3 Å². The molecule has 0 aliphatic heterocycles. The number of thioether (sulfide) groups is 1. The summed E-state index contributed by atoms with van der Waals surface area (Å²) in [5.41, 5.74) is 4.89. The van der Waals surface area contributed by atoms with Crippen LogP contribution in [0.4, 0.5) is 5.69 Å². The van der Waals surface area contributed by atoms with Crippen LogP contribution in [0.2, 0.25) is 0 Å². The van der Waals surface area contributed by atoms with E-state index in [2.05, 4.69) is 79.5 Å². The van der Waals surface area contributed by atoms with Crippen LogP contribution in [-0.4, -0.2) is 24.7 Å². The number of carbonyl (C=O) groups is 1. The summed E-state index contributed by atoms with van der Waals surface area (Å²) in [4.78, 5) is 14.3. The van der Waals surface area contributed by atoms with Crippen molar-refractivity contribution >= 4 is 23.4 Å². The second-order valence-corrected chi connectivity index (χ2v) is 7.08. The number of rotatable bonds is 9. The van der Waals surface area contributed by atoms with Gasteiger partial charge in [0, 0.05) is 31.1 Å². The maximum Gasteiger partial charge on any atom is 0.230 e. The monoisotopic (exact) mass is 356 g/mol. The van der Waals surface area contributed by atoms with Crippen LogP contribution >= 0.6 is 11.8 Å². The fourth-order valence-electron chi connectivity index (χ4n) is 2.73. The summed E-state index contributed by atoms with van der Waals surface area (Å²) in [5, 5.41) is 3.00. The maximum absolute atomic E-state index is 12.0. The quantitative estimate of drug-likeness (QED) is 0.723. The highest BCUT2D eigenvalue weighted by atomic mass is 32.2. The molecule has 0 spiro atoms. The van der Waals surface area contributed by atoms with Crippen molar-refractivity contribution in [2.45, 2.75) is 33.1 Å². The standard InChI is InChI=1S/C21H28N2OS/c1-4-23(5-2)20-11-9-18(10-12-20)14-22-21(24)16-25-15-19-8-6-7-17(3)13-19/h6-13H,4-5,14-16H2,1-3H3,(H,22,24). The molecule has 0 fully saturated rings. The normalized spacial score (nSPS) is 10.5. The second-order valence-electron chi connectivity index (χ2n) is 6.10. The molecule has 3 nitrogen and oxygen atoms in total. The molecule has 1 N–H and O–H groups in total. The Hall–Kier alpha value is -1.94. The smallest absolute Gasteiger partial charge is 0.230 e. The molecule has 134 valence electrons. The van der Waals surface area contributed by atoms with Crippen LogP contribution in [0.15, 0.2) is 48.5 Å². The lowest BCUT2D eigenvalue weighted by Gasteiger charge is -2.21. The van der Waals surface area contributed by atoms with Crippen molar-refractivity contribution < 1.29 is 4.79 Å². The zero-order valence-corrected chi connectivity index (χ0v) is 16.2. The maximum atomic E-state index is 12.0. The van der Waals surface area contributed by atoms with Crippen molar-refractivity contribution in [1.29, 1.82) is 0 Å². The summed E-state index contributed by atoms with van der Waals surface area (Å²) < 4.78 is 0. The molecule has 0 aliphatic rings. The first-order valence-corrected chi connectivity index (χ1v) is 10.0. The lowest BCUT2D eigenvalue weighted by atomic mass is 10.2. The van der Waals surface area contributed by atoms with Crippen LogP contribution in [-0.2, 0) is 17.1 Å². The number of carbonyl (C=O) groups excluding carboxylic acids is 1. The van der Waals surface area contributed by atoms with Crippen molar-refractivity contribution in [3.05, 3.63) is 65.2 Å². The van der Waals surface area contributed by atoms with Crippen LogP contribution in [0.3, 0.4) is 0 Å². The molecular formula is C21H28N2OS. The van der Waals surface area contributed by atoms with Crippen molar-refractivity contribution in [3.63, 3.8) is 0 Å². The number of anilines is 1. The minimum atomic E-state index is 0.0884. The predicted molar refractivity (Wildman–Crippen MR) is 109 cm³/mol. The number of hydrogen-bond donors (Lipinski definition) is 1. The number of nitrogens with zero attached hydrogens (tertiary/aromatic N) is 1. The summed E-state index contributed by atoms with van der Waals surface area (Å²) in [6.45, 7) is 9.00. The Morgan fingerprint density at radius 1 is 1.04 bits per heavy atom. The molecule has 0 atom stereocenters. The van der Waals surface area contributed by atoms with Crippen LogP contribution in [0.5, 0.6) is 0 Å². The predicted octanol–water partition coefficient (Wildman–Crippen LogP) is 4.39. The molecule has 0 saturated heterocycles. The third-order valence-electron chi connectivity index (χ3n) is 4.14. The van der Waals surface area contributed by atoms with Crippen molar-refractivity contribution in [3.8, 4) is 0 Å². The molecule has 0 radical (unpaired) electrons. The van der Waals surface area contributed by atoms with Crippen LogP contribution < -0.4 is 10.2 Å². The minimum absolute atomic E-state index is 0.0884. The highest BCUT2D eigenvalue weighted by Crippen LogP contribution is 2.15. The fourth-order valence-corrected chi connectivity index (χ4v) is 3.53. The van der Waals surface area contributed by atoms with Gasteiger partial charge in [0.05, 0.1) is 5.75 Å². The zero-order valence-electron chi connectivity index (χ0n) is 15.4. The van der Waals surface area contributed by atoms with Gasteiger partial charge in [-0.2, -0.15) is 0 Å². The Kier molecular flexibility index (Phi) is 7.86. The van der Waals surface area contributed by atoms with Crippen LogP contribution in [0, 0.1) is 6.92 Å². The topological polar surface area (TPSA) is 32.3 Å². The van der Waals surface area contributed by atoms with E-state index in [0.717, 1.165) is 24.4 Å². The van der Waals surface area contributed by atoms with Gasteiger partial charge in [0.1, 0.15) is 0 Å².